The van der Waals surface area contributed by atoms with Gasteiger partial charge in [0.2, 0.25) is 0 Å². The molecule has 3 nitrogen and oxygen atoms in total. The molecule has 0 saturated heterocycles. The van der Waals surface area contributed by atoms with E-state index in [1.807, 2.05) is 12.1 Å². The average Bonchev–Trinajstić information content (AvgIpc) is 2.21. The van der Waals surface area contributed by atoms with Crippen molar-refractivity contribution in [2.45, 2.75) is 0 Å². The highest BCUT2D eigenvalue weighted by atomic mass is 16.1. The molecule has 0 aliphatic heterocycles. The average molecular weight is 190 g/mol. The normalized spacial score (nSPS) is 8.29. The summed E-state index contributed by atoms with van der Waals surface area (Å²) in [5.41, 5.74) is 1.60. The van der Waals surface area contributed by atoms with Crippen LogP contribution in [-0.2, 0) is 0 Å². The summed E-state index contributed by atoms with van der Waals surface area (Å²) in [5.74, 6) is 0. The lowest BCUT2D eigenvalue weighted by Gasteiger charge is -2.13. The van der Waals surface area contributed by atoms with Crippen molar-refractivity contribution in [3.8, 4) is 0 Å². The number of carbonyl (C=O) groups is 1. The first-order valence-electron chi connectivity index (χ1n) is 3.90. The minimum absolute atomic E-state index is 0. The maximum atomic E-state index is 10.4. The van der Waals surface area contributed by atoms with E-state index in [4.69, 9.17) is 0 Å². The Labute approximate surface area is 83.9 Å². The smallest absolute Gasteiger partial charge is 0.150 e. The Balaban J connectivity index is 0.00000169. The molecule has 0 unspecified atom stereocenters. The van der Waals surface area contributed by atoms with Gasteiger partial charge in [0, 0.05) is 23.7 Å². The highest BCUT2D eigenvalue weighted by Crippen LogP contribution is 2.14. The Kier molecular flexibility index (Phi) is 4.96. The van der Waals surface area contributed by atoms with Crippen LogP contribution in [0, 0.1) is 0 Å². The summed E-state index contributed by atoms with van der Waals surface area (Å²) in [5, 5.41) is 0. The van der Waals surface area contributed by atoms with Crippen molar-refractivity contribution in [3.63, 3.8) is 0 Å². The number of hydrogen-bond donors (Lipinski definition) is 1. The van der Waals surface area contributed by atoms with Crippen molar-refractivity contribution in [2.75, 3.05) is 4.90 Å². The lowest BCUT2D eigenvalue weighted by molar-refractivity contribution is 0.112. The van der Waals surface area contributed by atoms with E-state index >= 15 is 0 Å². The topological polar surface area (TPSA) is 55.3 Å². The van der Waals surface area contributed by atoms with Crippen LogP contribution in [0.4, 0.5) is 5.69 Å². The van der Waals surface area contributed by atoms with Gasteiger partial charge in [-0.3, -0.25) is 4.79 Å². The molecular formula is C11H14N2O. The maximum Gasteiger partial charge on any atom is 0.150 e. The predicted molar refractivity (Wildman–Crippen MR) is 59.7 cm³/mol. The van der Waals surface area contributed by atoms with E-state index in [2.05, 4.69) is 13.2 Å². The molecule has 0 bridgehead atoms. The van der Waals surface area contributed by atoms with Gasteiger partial charge in [-0.15, -0.1) is 0 Å². The quantitative estimate of drug-likeness (QED) is 0.743. The van der Waals surface area contributed by atoms with E-state index in [-0.39, 0.29) is 6.15 Å². The zero-order chi connectivity index (χ0) is 9.68. The molecule has 0 saturated carbocycles. The molecule has 0 aromatic heterocycles. The summed E-state index contributed by atoms with van der Waals surface area (Å²) >= 11 is 0. The second-order valence-electron chi connectivity index (χ2n) is 2.48. The first-order valence-corrected chi connectivity index (χ1v) is 3.90. The van der Waals surface area contributed by atoms with Crippen molar-refractivity contribution in [1.82, 2.24) is 6.15 Å². The Hall–Kier alpha value is -1.87. The molecule has 1 rings (SSSR count). The van der Waals surface area contributed by atoms with Gasteiger partial charge in [0.25, 0.3) is 0 Å². The first-order chi connectivity index (χ1) is 6.31. The Bertz CT molecular complexity index is 309. The Morgan fingerprint density at radius 3 is 1.93 bits per heavy atom. The monoisotopic (exact) mass is 190 g/mol. The van der Waals surface area contributed by atoms with Crippen LogP contribution >= 0.6 is 0 Å². The standard InChI is InChI=1S/C11H11NO.H3N/c1-3-12(4-2)11-7-5-10(9-13)6-8-11;/h3-9H,1-2H2;1H3. The lowest BCUT2D eigenvalue weighted by atomic mass is 10.2. The Morgan fingerprint density at radius 1 is 1.07 bits per heavy atom. The molecule has 0 aliphatic carbocycles. The van der Waals surface area contributed by atoms with Gasteiger partial charge >= 0.3 is 0 Å². The van der Waals surface area contributed by atoms with Crippen LogP contribution in [0.2, 0.25) is 0 Å². The van der Waals surface area contributed by atoms with E-state index < -0.39 is 0 Å². The van der Waals surface area contributed by atoms with Crippen LogP contribution in [0.1, 0.15) is 10.4 Å². The van der Waals surface area contributed by atoms with E-state index in [0.717, 1.165) is 12.0 Å². The van der Waals surface area contributed by atoms with Crippen molar-refractivity contribution in [2.24, 2.45) is 0 Å². The Morgan fingerprint density at radius 2 is 1.57 bits per heavy atom. The zero-order valence-corrected chi connectivity index (χ0v) is 8.02. The molecule has 1 aromatic carbocycles. The number of nitrogens with zero attached hydrogens (tertiary/aromatic N) is 1. The highest BCUT2D eigenvalue weighted by molar-refractivity contribution is 5.75. The summed E-state index contributed by atoms with van der Waals surface area (Å²) in [6.45, 7) is 7.27. The van der Waals surface area contributed by atoms with Crippen molar-refractivity contribution in [3.05, 3.63) is 55.4 Å². The van der Waals surface area contributed by atoms with Crippen LogP contribution in [0.5, 0.6) is 0 Å². The second-order valence-corrected chi connectivity index (χ2v) is 2.48. The van der Waals surface area contributed by atoms with Crippen LogP contribution < -0.4 is 11.1 Å². The number of anilines is 1. The summed E-state index contributed by atoms with van der Waals surface area (Å²) in [4.78, 5) is 12.1. The third-order valence-corrected chi connectivity index (χ3v) is 1.72. The summed E-state index contributed by atoms with van der Waals surface area (Å²) < 4.78 is 0. The second kappa shape index (κ2) is 5.72. The summed E-state index contributed by atoms with van der Waals surface area (Å²) in [7, 11) is 0. The van der Waals surface area contributed by atoms with Gasteiger partial charge in [0.05, 0.1) is 0 Å². The van der Waals surface area contributed by atoms with Crippen molar-refractivity contribution >= 4 is 12.0 Å². The molecule has 3 N–H and O–H groups in total. The third-order valence-electron chi connectivity index (χ3n) is 1.72. The van der Waals surface area contributed by atoms with Gasteiger partial charge < -0.3 is 11.1 Å². The first kappa shape index (κ1) is 12.1. The largest absolute Gasteiger partial charge is 0.344 e. The number of hydrogen-bond acceptors (Lipinski definition) is 3. The fraction of sp³-hybridized carbons (Fsp3) is 0. The molecule has 0 spiro atoms. The molecule has 3 heteroatoms. The van der Waals surface area contributed by atoms with Gasteiger partial charge in [-0.05, 0) is 24.3 Å². The molecule has 0 amide bonds. The van der Waals surface area contributed by atoms with E-state index in [1.165, 1.54) is 0 Å². The molecule has 0 heterocycles. The number of rotatable bonds is 4. The van der Waals surface area contributed by atoms with Crippen LogP contribution in [0.3, 0.4) is 0 Å². The molecule has 74 valence electrons. The van der Waals surface area contributed by atoms with Gasteiger partial charge in [-0.1, -0.05) is 13.2 Å². The molecule has 1 aromatic rings. The number of aldehydes is 1. The van der Waals surface area contributed by atoms with Crippen molar-refractivity contribution < 1.29 is 4.79 Å². The minimum Gasteiger partial charge on any atom is -0.344 e. The molecule has 14 heavy (non-hydrogen) atoms. The maximum absolute atomic E-state index is 10.4. The van der Waals surface area contributed by atoms with E-state index in [0.29, 0.717) is 5.56 Å². The molecule has 0 fully saturated rings. The number of benzene rings is 1. The minimum atomic E-state index is 0. The van der Waals surface area contributed by atoms with Gasteiger partial charge in [-0.25, -0.2) is 0 Å². The van der Waals surface area contributed by atoms with Gasteiger partial charge in [-0.2, -0.15) is 0 Å². The molecule has 0 radical (unpaired) electrons. The summed E-state index contributed by atoms with van der Waals surface area (Å²) in [6, 6.07) is 7.19. The van der Waals surface area contributed by atoms with Crippen LogP contribution in [0.25, 0.3) is 0 Å². The SMILES string of the molecule is C=CN(C=C)c1ccc(C=O)cc1.N. The predicted octanol–water partition coefficient (Wildman–Crippen LogP) is 2.75. The van der Waals surface area contributed by atoms with Gasteiger partial charge in [0.1, 0.15) is 6.29 Å². The van der Waals surface area contributed by atoms with Crippen molar-refractivity contribution in [1.29, 1.82) is 0 Å². The zero-order valence-electron chi connectivity index (χ0n) is 8.02. The fourth-order valence-corrected chi connectivity index (χ4v) is 1.01. The van der Waals surface area contributed by atoms with Crippen LogP contribution in [0.15, 0.2) is 49.8 Å². The highest BCUT2D eigenvalue weighted by Gasteiger charge is 1.96. The van der Waals surface area contributed by atoms with Crippen LogP contribution in [-0.4, -0.2) is 6.29 Å². The van der Waals surface area contributed by atoms with E-state index in [1.54, 1.807) is 29.4 Å². The lowest BCUT2D eigenvalue weighted by Crippen LogP contribution is -2.04. The molecular weight excluding hydrogens is 176 g/mol. The molecule has 0 atom stereocenters. The van der Waals surface area contributed by atoms with E-state index in [9.17, 15) is 4.79 Å². The number of carbonyl (C=O) groups excluding carboxylic acids is 1. The molecule has 0 aliphatic rings. The fourth-order valence-electron chi connectivity index (χ4n) is 1.01. The van der Waals surface area contributed by atoms with Gasteiger partial charge in [0.15, 0.2) is 0 Å². The third kappa shape index (κ3) is 2.57. The summed E-state index contributed by atoms with van der Waals surface area (Å²) in [6.07, 6.45) is 4.13.